The number of benzene rings is 5. The second-order valence-electron chi connectivity index (χ2n) is 12.0. The van der Waals surface area contributed by atoms with Gasteiger partial charge in [-0.25, -0.2) is 4.98 Å². The van der Waals surface area contributed by atoms with Crippen molar-refractivity contribution in [3.8, 4) is 0 Å². The summed E-state index contributed by atoms with van der Waals surface area (Å²) >= 11 is 0. The minimum atomic E-state index is -0.354. The number of nitrogens with zero attached hydrogens (tertiary/aromatic N) is 2. The highest BCUT2D eigenvalue weighted by Crippen LogP contribution is 2.36. The van der Waals surface area contributed by atoms with E-state index in [-0.39, 0.29) is 11.0 Å². The lowest BCUT2D eigenvalue weighted by molar-refractivity contribution is 0.593. The topological polar surface area (TPSA) is 17.8 Å². The van der Waals surface area contributed by atoms with E-state index in [4.69, 9.17) is 7.85 Å². The van der Waals surface area contributed by atoms with Crippen molar-refractivity contribution >= 4 is 22.6 Å². The van der Waals surface area contributed by atoms with Gasteiger partial charge in [0.15, 0.2) is 0 Å². The Morgan fingerprint density at radius 3 is 1.44 bits per heavy atom. The third-order valence-corrected chi connectivity index (χ3v) is 10.1. The van der Waals surface area contributed by atoms with E-state index in [1.807, 2.05) is 48.9 Å². The normalized spacial score (nSPS) is 11.4. The van der Waals surface area contributed by atoms with Crippen LogP contribution in [0, 0.1) is 0 Å². The van der Waals surface area contributed by atoms with E-state index in [1.165, 1.54) is 27.4 Å². The summed E-state index contributed by atoms with van der Waals surface area (Å²) in [5, 5.41) is 0.981. The zero-order chi connectivity index (χ0) is 31.6. The van der Waals surface area contributed by atoms with Gasteiger partial charge in [0.1, 0.15) is 9.52 Å². The Bertz CT molecular complexity index is 1640. The summed E-state index contributed by atoms with van der Waals surface area (Å²) in [6.07, 6.45) is 5.98. The van der Waals surface area contributed by atoms with Gasteiger partial charge in [0.25, 0.3) is 0 Å². The molecule has 2 nitrogen and oxygen atoms in total. The van der Waals surface area contributed by atoms with Crippen molar-refractivity contribution in [1.29, 1.82) is 0 Å². The Morgan fingerprint density at radius 2 is 1.02 bits per heavy atom. The summed E-state index contributed by atoms with van der Waals surface area (Å²) in [7, 11) is 6.63. The Labute approximate surface area is 273 Å². The fraction of sp³-hybridized carbons (Fsp3) is 0.195. The van der Waals surface area contributed by atoms with Gasteiger partial charge in [-0.3, -0.25) is 0 Å². The molecule has 0 bridgehead atoms. The van der Waals surface area contributed by atoms with Crippen LogP contribution < -0.4 is 5.19 Å². The van der Waals surface area contributed by atoms with Crippen LogP contribution in [0.4, 0.5) is 0 Å². The van der Waals surface area contributed by atoms with Crippen molar-refractivity contribution in [2.75, 3.05) is 0 Å². The molecule has 4 heteroatoms. The first-order valence-electron chi connectivity index (χ1n) is 15.8. The highest BCUT2D eigenvalue weighted by atomic mass is 28.2. The largest absolute Gasteiger partial charge is 0.326 e. The smallest absolute Gasteiger partial charge is 0.127 e. The van der Waals surface area contributed by atoms with Gasteiger partial charge in [0.2, 0.25) is 0 Å². The van der Waals surface area contributed by atoms with Gasteiger partial charge in [-0.15, -0.1) is 0 Å². The first kappa shape index (κ1) is 32.0. The molecule has 0 fully saturated rings. The molecule has 6 rings (SSSR count). The molecule has 0 amide bonds. The van der Waals surface area contributed by atoms with Crippen LogP contribution in [0.1, 0.15) is 78.7 Å². The summed E-state index contributed by atoms with van der Waals surface area (Å²) in [4.78, 5) is 4.46. The quantitative estimate of drug-likeness (QED) is 0.152. The molecule has 0 atom stereocenters. The van der Waals surface area contributed by atoms with Crippen LogP contribution in [0.15, 0.2) is 158 Å². The van der Waals surface area contributed by atoms with Crippen LogP contribution in [0.2, 0.25) is 0 Å². The van der Waals surface area contributed by atoms with Crippen LogP contribution in [0.25, 0.3) is 0 Å². The van der Waals surface area contributed by atoms with Gasteiger partial charge in [-0.1, -0.05) is 172 Å². The van der Waals surface area contributed by atoms with Crippen LogP contribution in [-0.2, 0) is 5.16 Å². The maximum Gasteiger partial charge on any atom is 0.127 e. The third kappa shape index (κ3) is 7.64. The molecule has 0 aliphatic heterocycles. The molecule has 0 spiro atoms. The third-order valence-electron chi connectivity index (χ3n) is 8.25. The standard InChI is InChI=1S/C28H30N2Si.C13H11B/c1-21(2)23-10-8-12-25(18-23)28(30-17-16-29-20-30,31-27-14-6-5-7-15-27)26-13-9-11-24(19-26)22(3)4;14-13(11-7-3-1-4-8-11)12-9-5-2-6-10-12/h5-22H,1-4H3;1-10,13H. The summed E-state index contributed by atoms with van der Waals surface area (Å²) < 4.78 is 2.30. The highest BCUT2D eigenvalue weighted by molar-refractivity contribution is 6.57. The zero-order valence-corrected chi connectivity index (χ0v) is 27.7. The SMILES string of the molecule is CC(C)c1cccc(C([Si]c2ccccc2)(c2cccc(C(C)C)c2)n2ccnc2)c1.[B]C(c1ccccc1)c1ccccc1. The minimum Gasteiger partial charge on any atom is -0.326 e. The Balaban J connectivity index is 0.000000238. The molecule has 5 aromatic carbocycles. The highest BCUT2D eigenvalue weighted by Gasteiger charge is 2.37. The molecular weight excluding hydrogens is 559 g/mol. The molecule has 0 saturated carbocycles. The van der Waals surface area contributed by atoms with Crippen LogP contribution in [0.3, 0.4) is 0 Å². The number of hydrogen-bond acceptors (Lipinski definition) is 1. The maximum absolute atomic E-state index is 6.12. The van der Waals surface area contributed by atoms with Crippen molar-refractivity contribution in [2.45, 2.75) is 50.5 Å². The van der Waals surface area contributed by atoms with E-state index in [0.717, 1.165) is 11.1 Å². The van der Waals surface area contributed by atoms with E-state index in [1.54, 1.807) is 0 Å². The molecule has 0 aliphatic carbocycles. The predicted molar refractivity (Wildman–Crippen MR) is 192 cm³/mol. The lowest BCUT2D eigenvalue weighted by atomic mass is 9.76. The van der Waals surface area contributed by atoms with Crippen molar-refractivity contribution in [2.24, 2.45) is 0 Å². The Hall–Kier alpha value is -4.41. The van der Waals surface area contributed by atoms with Crippen molar-refractivity contribution in [1.82, 2.24) is 9.55 Å². The minimum absolute atomic E-state index is 0.0163. The monoisotopic (exact) mass is 600 g/mol. The average molecular weight is 601 g/mol. The molecule has 0 N–H and O–H groups in total. The summed E-state index contributed by atoms with van der Waals surface area (Å²) in [5.74, 6) is 0.933. The van der Waals surface area contributed by atoms with Crippen LogP contribution in [-0.4, -0.2) is 26.9 Å². The molecule has 6 aromatic rings. The van der Waals surface area contributed by atoms with Gasteiger partial charge < -0.3 is 4.57 Å². The first-order valence-corrected chi connectivity index (χ1v) is 16.8. The van der Waals surface area contributed by atoms with E-state index in [0.29, 0.717) is 21.4 Å². The number of imidazole rings is 1. The summed E-state index contributed by atoms with van der Waals surface area (Å²) in [5.41, 5.74) is 7.64. The van der Waals surface area contributed by atoms with E-state index >= 15 is 0 Å². The fourth-order valence-corrected chi connectivity index (χ4v) is 7.26. The number of aromatic nitrogens is 2. The Kier molecular flexibility index (Phi) is 10.7. The van der Waals surface area contributed by atoms with Crippen LogP contribution in [0.5, 0.6) is 0 Å². The molecular formula is C41H41BN2Si. The van der Waals surface area contributed by atoms with Crippen molar-refractivity contribution in [3.63, 3.8) is 0 Å². The lowest BCUT2D eigenvalue weighted by Crippen LogP contribution is -2.46. The van der Waals surface area contributed by atoms with Gasteiger partial charge in [0, 0.05) is 12.4 Å². The number of rotatable bonds is 9. The predicted octanol–water partition coefficient (Wildman–Crippen LogP) is 8.85. The molecule has 45 heavy (non-hydrogen) atoms. The fourth-order valence-electron chi connectivity index (χ4n) is 5.62. The lowest BCUT2D eigenvalue weighted by Gasteiger charge is -2.37. The summed E-state index contributed by atoms with van der Waals surface area (Å²) in [6.45, 7) is 9.04. The van der Waals surface area contributed by atoms with Crippen molar-refractivity contribution in [3.05, 3.63) is 192 Å². The van der Waals surface area contributed by atoms with Gasteiger partial charge in [-0.2, -0.15) is 0 Å². The van der Waals surface area contributed by atoms with E-state index < -0.39 is 0 Å². The average Bonchev–Trinajstić information content (AvgIpc) is 3.64. The van der Waals surface area contributed by atoms with Gasteiger partial charge in [0.05, 0.1) is 19.3 Å². The molecule has 0 unspecified atom stereocenters. The molecule has 4 radical (unpaired) electrons. The molecule has 0 saturated heterocycles. The van der Waals surface area contributed by atoms with Crippen molar-refractivity contribution < 1.29 is 0 Å². The first-order chi connectivity index (χ1) is 21.9. The second kappa shape index (κ2) is 15.1. The van der Waals surface area contributed by atoms with E-state index in [2.05, 4.69) is 147 Å². The maximum atomic E-state index is 6.12. The molecule has 1 aromatic heterocycles. The van der Waals surface area contributed by atoms with Gasteiger partial charge in [-0.05, 0) is 51.0 Å². The summed E-state index contributed by atoms with van der Waals surface area (Å²) in [6, 6.07) is 49.3. The van der Waals surface area contributed by atoms with Gasteiger partial charge >= 0.3 is 0 Å². The Morgan fingerprint density at radius 1 is 0.578 bits per heavy atom. The zero-order valence-electron chi connectivity index (χ0n) is 26.7. The van der Waals surface area contributed by atoms with E-state index in [9.17, 15) is 0 Å². The molecule has 0 aliphatic rings. The molecule has 1 heterocycles. The van der Waals surface area contributed by atoms with Crippen LogP contribution >= 0.6 is 0 Å². The molecule has 222 valence electrons. The number of hydrogen-bond donors (Lipinski definition) is 0. The second-order valence-corrected chi connectivity index (χ2v) is 13.6.